The molecule has 1 saturated carbocycles. The summed E-state index contributed by atoms with van der Waals surface area (Å²) in [6.07, 6.45) is 1.80. The fourth-order valence-electron chi connectivity index (χ4n) is 2.88. The monoisotopic (exact) mass is 214 g/mol. The van der Waals surface area contributed by atoms with Crippen molar-refractivity contribution in [3.63, 3.8) is 0 Å². The zero-order valence-electron chi connectivity index (χ0n) is 9.28. The lowest BCUT2D eigenvalue weighted by Gasteiger charge is -2.38. The third kappa shape index (κ3) is 1.39. The van der Waals surface area contributed by atoms with Crippen LogP contribution < -0.4 is 0 Å². The van der Waals surface area contributed by atoms with Gasteiger partial charge >= 0.3 is 5.97 Å². The molecule has 0 aromatic carbocycles. The number of hydrogen-bond acceptors (Lipinski definition) is 4. The summed E-state index contributed by atoms with van der Waals surface area (Å²) in [6, 6.07) is 0. The van der Waals surface area contributed by atoms with Crippen LogP contribution >= 0.6 is 0 Å². The molecule has 1 N–H and O–H groups in total. The standard InChI is InChI=1S/C11H18O4/c1-8-7-11(8,9(12)14-2)10(13)3-5-15-6-4-10/h8,13H,3-7H2,1-2H3. The minimum Gasteiger partial charge on any atom is -0.468 e. The van der Waals surface area contributed by atoms with E-state index in [1.165, 1.54) is 7.11 Å². The Bertz CT molecular complexity index is 270. The predicted molar refractivity (Wildman–Crippen MR) is 53.2 cm³/mol. The molecule has 0 aromatic rings. The Balaban J connectivity index is 2.22. The topological polar surface area (TPSA) is 55.8 Å². The second kappa shape index (κ2) is 3.46. The number of aliphatic hydroxyl groups is 1. The summed E-state index contributed by atoms with van der Waals surface area (Å²) < 4.78 is 10.1. The highest BCUT2D eigenvalue weighted by Crippen LogP contribution is 2.62. The fourth-order valence-corrected chi connectivity index (χ4v) is 2.88. The second-order valence-electron chi connectivity index (χ2n) is 4.71. The van der Waals surface area contributed by atoms with Crippen molar-refractivity contribution in [1.82, 2.24) is 0 Å². The third-order valence-electron chi connectivity index (χ3n) is 4.01. The van der Waals surface area contributed by atoms with E-state index >= 15 is 0 Å². The Morgan fingerprint density at radius 1 is 1.47 bits per heavy atom. The maximum absolute atomic E-state index is 11.8. The quantitative estimate of drug-likeness (QED) is 0.688. The van der Waals surface area contributed by atoms with Crippen LogP contribution in [0.15, 0.2) is 0 Å². The van der Waals surface area contributed by atoms with E-state index in [2.05, 4.69) is 0 Å². The van der Waals surface area contributed by atoms with E-state index in [0.717, 1.165) is 6.42 Å². The number of ether oxygens (including phenoxy) is 2. The van der Waals surface area contributed by atoms with E-state index in [4.69, 9.17) is 9.47 Å². The van der Waals surface area contributed by atoms with E-state index < -0.39 is 11.0 Å². The van der Waals surface area contributed by atoms with Crippen LogP contribution in [0, 0.1) is 11.3 Å². The van der Waals surface area contributed by atoms with Crippen LogP contribution in [-0.2, 0) is 14.3 Å². The van der Waals surface area contributed by atoms with E-state index in [1.54, 1.807) is 0 Å². The van der Waals surface area contributed by atoms with Crippen molar-refractivity contribution >= 4 is 5.97 Å². The van der Waals surface area contributed by atoms with Gasteiger partial charge in [0.15, 0.2) is 0 Å². The van der Waals surface area contributed by atoms with Gasteiger partial charge in [0.25, 0.3) is 0 Å². The molecule has 2 atom stereocenters. The average Bonchev–Trinajstić information content (AvgIpc) is 2.92. The molecule has 0 radical (unpaired) electrons. The van der Waals surface area contributed by atoms with Gasteiger partial charge < -0.3 is 14.6 Å². The Labute approximate surface area is 89.6 Å². The van der Waals surface area contributed by atoms with Crippen molar-refractivity contribution in [2.45, 2.75) is 31.8 Å². The average molecular weight is 214 g/mol. The molecule has 1 aliphatic heterocycles. The van der Waals surface area contributed by atoms with Crippen LogP contribution in [0.25, 0.3) is 0 Å². The first-order valence-electron chi connectivity index (χ1n) is 5.45. The highest BCUT2D eigenvalue weighted by atomic mass is 16.5. The summed E-state index contributed by atoms with van der Waals surface area (Å²) in [4.78, 5) is 11.8. The number of carbonyl (C=O) groups excluding carboxylic acids is 1. The summed E-state index contributed by atoms with van der Waals surface area (Å²) in [6.45, 7) is 3.05. The Morgan fingerprint density at radius 2 is 2.00 bits per heavy atom. The first kappa shape index (κ1) is 10.9. The molecular weight excluding hydrogens is 196 g/mol. The lowest BCUT2D eigenvalue weighted by Crippen LogP contribution is -2.49. The van der Waals surface area contributed by atoms with E-state index in [0.29, 0.717) is 26.1 Å². The molecule has 2 unspecified atom stereocenters. The van der Waals surface area contributed by atoms with Crippen molar-refractivity contribution < 1.29 is 19.4 Å². The lowest BCUT2D eigenvalue weighted by molar-refractivity contribution is -0.170. The number of methoxy groups -OCH3 is 1. The van der Waals surface area contributed by atoms with Gasteiger partial charge in [-0.15, -0.1) is 0 Å². The Morgan fingerprint density at radius 3 is 2.40 bits per heavy atom. The van der Waals surface area contributed by atoms with Crippen LogP contribution in [0.2, 0.25) is 0 Å². The summed E-state index contributed by atoms with van der Waals surface area (Å²) in [5.74, 6) is -0.0487. The van der Waals surface area contributed by atoms with Gasteiger partial charge in [-0.2, -0.15) is 0 Å². The third-order valence-corrected chi connectivity index (χ3v) is 4.01. The number of esters is 1. The molecule has 1 heterocycles. The van der Waals surface area contributed by atoms with E-state index in [9.17, 15) is 9.90 Å². The largest absolute Gasteiger partial charge is 0.468 e. The summed E-state index contributed by atoms with van der Waals surface area (Å²) in [5, 5.41) is 10.6. The van der Waals surface area contributed by atoms with E-state index in [-0.39, 0.29) is 11.9 Å². The van der Waals surface area contributed by atoms with Crippen molar-refractivity contribution in [3.05, 3.63) is 0 Å². The molecule has 0 amide bonds. The van der Waals surface area contributed by atoms with Gasteiger partial charge in [0.2, 0.25) is 0 Å². The molecule has 0 spiro atoms. The van der Waals surface area contributed by atoms with Crippen LogP contribution in [0.1, 0.15) is 26.2 Å². The first-order valence-corrected chi connectivity index (χ1v) is 5.45. The molecule has 4 nitrogen and oxygen atoms in total. The Kier molecular flexibility index (Phi) is 2.51. The summed E-state index contributed by atoms with van der Waals surface area (Å²) in [7, 11) is 1.39. The van der Waals surface area contributed by atoms with Crippen LogP contribution in [-0.4, -0.2) is 37.0 Å². The Hall–Kier alpha value is -0.610. The van der Waals surface area contributed by atoms with Gasteiger partial charge in [-0.05, 0) is 12.3 Å². The molecule has 86 valence electrons. The number of hydrogen-bond donors (Lipinski definition) is 1. The van der Waals surface area contributed by atoms with Gasteiger partial charge in [-0.25, -0.2) is 0 Å². The molecule has 1 saturated heterocycles. The normalized spacial score (nSPS) is 38.5. The molecule has 2 rings (SSSR count). The number of carbonyl (C=O) groups is 1. The predicted octanol–water partition coefficient (Wildman–Crippen LogP) is 0.727. The molecular formula is C11H18O4. The van der Waals surface area contributed by atoms with Gasteiger partial charge in [0, 0.05) is 26.1 Å². The van der Waals surface area contributed by atoms with Gasteiger partial charge in [-0.1, -0.05) is 6.92 Å². The fraction of sp³-hybridized carbons (Fsp3) is 0.909. The lowest BCUT2D eigenvalue weighted by atomic mass is 9.76. The molecule has 2 aliphatic rings. The molecule has 2 fully saturated rings. The first-order chi connectivity index (χ1) is 7.07. The zero-order chi connectivity index (χ0) is 11.1. The maximum Gasteiger partial charge on any atom is 0.315 e. The van der Waals surface area contributed by atoms with Gasteiger partial charge in [0.05, 0.1) is 18.1 Å². The summed E-state index contributed by atoms with van der Waals surface area (Å²) in [5.41, 5.74) is -1.58. The van der Waals surface area contributed by atoms with Crippen molar-refractivity contribution in [1.29, 1.82) is 0 Å². The minimum atomic E-state index is -0.919. The second-order valence-corrected chi connectivity index (χ2v) is 4.71. The smallest absolute Gasteiger partial charge is 0.315 e. The van der Waals surface area contributed by atoms with Crippen molar-refractivity contribution in [2.24, 2.45) is 11.3 Å². The molecule has 1 aliphatic carbocycles. The van der Waals surface area contributed by atoms with Crippen LogP contribution in [0.3, 0.4) is 0 Å². The maximum atomic E-state index is 11.8. The van der Waals surface area contributed by atoms with Crippen LogP contribution in [0.5, 0.6) is 0 Å². The SMILES string of the molecule is COC(=O)C1(C2(O)CCOCC2)CC1C. The summed E-state index contributed by atoms with van der Waals surface area (Å²) >= 11 is 0. The van der Waals surface area contributed by atoms with Crippen LogP contribution in [0.4, 0.5) is 0 Å². The minimum absolute atomic E-state index is 0.216. The molecule has 0 bridgehead atoms. The van der Waals surface area contributed by atoms with E-state index in [1.807, 2.05) is 6.92 Å². The van der Waals surface area contributed by atoms with Gasteiger partial charge in [-0.3, -0.25) is 4.79 Å². The van der Waals surface area contributed by atoms with Gasteiger partial charge in [0.1, 0.15) is 0 Å². The molecule has 15 heavy (non-hydrogen) atoms. The highest BCUT2D eigenvalue weighted by molar-refractivity contribution is 5.82. The number of rotatable bonds is 2. The molecule has 0 aromatic heterocycles. The highest BCUT2D eigenvalue weighted by Gasteiger charge is 2.69. The van der Waals surface area contributed by atoms with Crippen molar-refractivity contribution in [2.75, 3.05) is 20.3 Å². The zero-order valence-corrected chi connectivity index (χ0v) is 9.28. The molecule has 4 heteroatoms. The van der Waals surface area contributed by atoms with Crippen molar-refractivity contribution in [3.8, 4) is 0 Å².